The average molecular weight is 207 g/mol. The molecule has 2 heteroatoms. The zero-order valence-corrected chi connectivity index (χ0v) is 9.92. The Morgan fingerprint density at radius 1 is 1.07 bits per heavy atom. The van der Waals surface area contributed by atoms with Crippen molar-refractivity contribution < 1.29 is 4.79 Å². The van der Waals surface area contributed by atoms with Gasteiger partial charge < -0.3 is 5.32 Å². The lowest BCUT2D eigenvalue weighted by atomic mass is 9.91. The molecule has 4 aliphatic carbocycles. The molecule has 4 fully saturated rings. The molecule has 0 aliphatic heterocycles. The summed E-state index contributed by atoms with van der Waals surface area (Å²) in [5, 5.41) is 3.30. The van der Waals surface area contributed by atoms with Gasteiger partial charge in [0.2, 0.25) is 5.91 Å². The highest BCUT2D eigenvalue weighted by Crippen LogP contribution is 2.62. The normalized spacial score (nSPS) is 46.5. The quantitative estimate of drug-likeness (QED) is 0.701. The minimum atomic E-state index is -0.230. The number of hydrogen-bond acceptors (Lipinski definition) is 1. The van der Waals surface area contributed by atoms with Crippen LogP contribution in [0.25, 0.3) is 0 Å². The Balaban J connectivity index is 1.70. The topological polar surface area (TPSA) is 29.1 Å². The van der Waals surface area contributed by atoms with E-state index in [-0.39, 0.29) is 11.3 Å². The number of nitrogens with one attached hydrogen (secondary N) is 1. The molecule has 4 bridgehead atoms. The molecule has 4 aliphatic rings. The highest BCUT2D eigenvalue weighted by atomic mass is 16.2. The van der Waals surface area contributed by atoms with Gasteiger partial charge in [0.05, 0.1) is 0 Å². The van der Waals surface area contributed by atoms with Crippen LogP contribution in [0.15, 0.2) is 0 Å². The zero-order valence-electron chi connectivity index (χ0n) is 9.92. The molecule has 2 nitrogen and oxygen atoms in total. The smallest absolute Gasteiger partial charge is 0.225 e. The molecule has 1 N–H and O–H groups in total. The van der Waals surface area contributed by atoms with Gasteiger partial charge in [0, 0.05) is 11.5 Å². The number of hydrogen-bond donors (Lipinski definition) is 1. The Kier molecular flexibility index (Phi) is 1.79. The molecule has 0 aromatic heterocycles. The minimum absolute atomic E-state index is 0.230. The van der Waals surface area contributed by atoms with Gasteiger partial charge in [-0.2, -0.15) is 0 Å². The molecule has 0 spiro atoms. The van der Waals surface area contributed by atoms with Crippen molar-refractivity contribution in [1.82, 2.24) is 5.32 Å². The van der Waals surface area contributed by atoms with Crippen LogP contribution in [-0.4, -0.2) is 11.9 Å². The van der Waals surface area contributed by atoms with Gasteiger partial charge in [0.25, 0.3) is 0 Å². The van der Waals surface area contributed by atoms with Crippen molar-refractivity contribution >= 4 is 5.91 Å². The fraction of sp³-hybridized carbons (Fsp3) is 0.923. The van der Waals surface area contributed by atoms with Crippen LogP contribution in [0.5, 0.6) is 0 Å². The molecule has 1 amide bonds. The van der Waals surface area contributed by atoms with Crippen molar-refractivity contribution in [1.29, 1.82) is 0 Å². The van der Waals surface area contributed by atoms with E-state index in [4.69, 9.17) is 0 Å². The summed E-state index contributed by atoms with van der Waals surface area (Å²) < 4.78 is 0. The summed E-state index contributed by atoms with van der Waals surface area (Å²) in [6, 6.07) is 0.528. The average Bonchev–Trinajstić information content (AvgIpc) is 2.79. The predicted molar refractivity (Wildman–Crippen MR) is 59.2 cm³/mol. The van der Waals surface area contributed by atoms with E-state index >= 15 is 0 Å². The summed E-state index contributed by atoms with van der Waals surface area (Å²) in [6.07, 6.45) is 4.24. The zero-order chi connectivity index (χ0) is 10.8. The highest BCUT2D eigenvalue weighted by Gasteiger charge is 2.60. The molecule has 5 atom stereocenters. The predicted octanol–water partition coefficient (Wildman–Crippen LogP) is 2.19. The van der Waals surface area contributed by atoms with Gasteiger partial charge in [-0.3, -0.25) is 4.79 Å². The van der Waals surface area contributed by atoms with Crippen LogP contribution < -0.4 is 5.32 Å². The largest absolute Gasteiger partial charge is 0.352 e. The van der Waals surface area contributed by atoms with Gasteiger partial charge >= 0.3 is 0 Å². The van der Waals surface area contributed by atoms with Crippen LogP contribution in [0.4, 0.5) is 0 Å². The number of carbonyl (C=O) groups is 1. The number of amides is 1. The summed E-state index contributed by atoms with van der Waals surface area (Å²) >= 11 is 0. The van der Waals surface area contributed by atoms with E-state index in [1.165, 1.54) is 19.3 Å². The third-order valence-corrected chi connectivity index (χ3v) is 4.87. The Morgan fingerprint density at radius 2 is 1.60 bits per heavy atom. The lowest BCUT2D eigenvalue weighted by molar-refractivity contribution is -0.129. The van der Waals surface area contributed by atoms with E-state index in [1.54, 1.807) is 0 Å². The van der Waals surface area contributed by atoms with Crippen LogP contribution in [0.1, 0.15) is 40.0 Å². The van der Waals surface area contributed by atoms with Gasteiger partial charge in [0.15, 0.2) is 0 Å². The van der Waals surface area contributed by atoms with Gasteiger partial charge in [-0.1, -0.05) is 20.8 Å². The van der Waals surface area contributed by atoms with Crippen molar-refractivity contribution in [3.63, 3.8) is 0 Å². The Bertz CT molecular complexity index is 288. The molecule has 0 aromatic carbocycles. The first kappa shape index (κ1) is 9.68. The fourth-order valence-corrected chi connectivity index (χ4v) is 4.14. The second kappa shape index (κ2) is 2.78. The van der Waals surface area contributed by atoms with Gasteiger partial charge in [-0.05, 0) is 42.9 Å². The Hall–Kier alpha value is -0.530. The highest BCUT2D eigenvalue weighted by molar-refractivity contribution is 5.81. The van der Waals surface area contributed by atoms with Crippen molar-refractivity contribution in [2.75, 3.05) is 0 Å². The molecule has 4 saturated carbocycles. The molecule has 15 heavy (non-hydrogen) atoms. The van der Waals surface area contributed by atoms with Gasteiger partial charge in [0.1, 0.15) is 0 Å². The second-order valence-electron chi connectivity index (χ2n) is 6.80. The van der Waals surface area contributed by atoms with E-state index in [2.05, 4.69) is 5.32 Å². The van der Waals surface area contributed by atoms with E-state index < -0.39 is 0 Å². The van der Waals surface area contributed by atoms with Crippen LogP contribution in [0, 0.1) is 29.1 Å². The lowest BCUT2D eigenvalue weighted by Gasteiger charge is -2.27. The molecule has 0 heterocycles. The molecule has 84 valence electrons. The van der Waals surface area contributed by atoms with Crippen LogP contribution in [0.2, 0.25) is 0 Å². The van der Waals surface area contributed by atoms with Gasteiger partial charge in [-0.15, -0.1) is 0 Å². The van der Waals surface area contributed by atoms with Gasteiger partial charge in [-0.25, -0.2) is 0 Å². The second-order valence-corrected chi connectivity index (χ2v) is 6.80. The third-order valence-electron chi connectivity index (χ3n) is 4.87. The SMILES string of the molecule is CC(C)(C)C(=O)NC1C2C[C@@H]3CC2CC13. The van der Waals surface area contributed by atoms with Crippen LogP contribution in [-0.2, 0) is 4.79 Å². The first-order chi connectivity index (χ1) is 6.97. The van der Waals surface area contributed by atoms with E-state index in [0.717, 1.165) is 23.7 Å². The molecule has 0 aromatic rings. The summed E-state index contributed by atoms with van der Waals surface area (Å²) in [4.78, 5) is 11.9. The molecular weight excluding hydrogens is 186 g/mol. The van der Waals surface area contributed by atoms with Crippen molar-refractivity contribution in [2.45, 2.75) is 46.1 Å². The Labute approximate surface area is 91.8 Å². The summed E-state index contributed by atoms with van der Waals surface area (Å²) in [7, 11) is 0. The Morgan fingerprint density at radius 3 is 2.00 bits per heavy atom. The lowest BCUT2D eigenvalue weighted by Crippen LogP contribution is -2.45. The molecule has 4 unspecified atom stereocenters. The summed E-state index contributed by atoms with van der Waals surface area (Å²) in [6.45, 7) is 6.00. The first-order valence-electron chi connectivity index (χ1n) is 6.28. The first-order valence-corrected chi connectivity index (χ1v) is 6.28. The summed E-state index contributed by atoms with van der Waals surface area (Å²) in [5.74, 6) is 3.79. The van der Waals surface area contributed by atoms with E-state index in [9.17, 15) is 4.79 Å². The molecule has 0 radical (unpaired) electrons. The van der Waals surface area contributed by atoms with Crippen molar-refractivity contribution in [2.24, 2.45) is 29.1 Å². The van der Waals surface area contributed by atoms with Crippen molar-refractivity contribution in [3.8, 4) is 0 Å². The number of rotatable bonds is 1. The molecule has 0 saturated heterocycles. The summed E-state index contributed by atoms with van der Waals surface area (Å²) in [5.41, 5.74) is -0.230. The maximum atomic E-state index is 11.9. The minimum Gasteiger partial charge on any atom is -0.352 e. The van der Waals surface area contributed by atoms with Crippen LogP contribution >= 0.6 is 0 Å². The van der Waals surface area contributed by atoms with E-state index in [0.29, 0.717) is 6.04 Å². The number of carbonyl (C=O) groups excluding carboxylic acids is 1. The third kappa shape index (κ3) is 1.26. The maximum Gasteiger partial charge on any atom is 0.225 e. The standard InChI is InChI=1S/C13H21NO/c1-13(2,3)12(15)14-11-9-5-7-4-8(9)6-10(7)11/h7-11H,4-6H2,1-3H3,(H,14,15)/t7-,8?,9?,10?,11?/m0/s1. The monoisotopic (exact) mass is 207 g/mol. The van der Waals surface area contributed by atoms with E-state index in [1.807, 2.05) is 20.8 Å². The van der Waals surface area contributed by atoms with Crippen molar-refractivity contribution in [3.05, 3.63) is 0 Å². The maximum absolute atomic E-state index is 11.9. The van der Waals surface area contributed by atoms with Crippen LogP contribution in [0.3, 0.4) is 0 Å². The molecular formula is C13H21NO. The molecule has 4 rings (SSSR count). The fourth-order valence-electron chi connectivity index (χ4n) is 4.14.